The van der Waals surface area contributed by atoms with Crippen molar-refractivity contribution < 1.29 is 9.53 Å². The molecule has 18 heavy (non-hydrogen) atoms. The van der Waals surface area contributed by atoms with Gasteiger partial charge in [0.25, 0.3) is 0 Å². The molecule has 4 nitrogen and oxygen atoms in total. The Bertz CT molecular complexity index is 556. The van der Waals surface area contributed by atoms with Crippen LogP contribution < -0.4 is 5.73 Å². The molecule has 0 aliphatic carbocycles. The van der Waals surface area contributed by atoms with Crippen LogP contribution in [0.1, 0.15) is 5.56 Å². The zero-order valence-corrected chi connectivity index (χ0v) is 12.2. The van der Waals surface area contributed by atoms with Crippen molar-refractivity contribution in [3.8, 4) is 0 Å². The molecule has 1 atom stereocenters. The number of esters is 1. The second-order valence-electron chi connectivity index (χ2n) is 3.81. The van der Waals surface area contributed by atoms with Crippen LogP contribution in [0, 0.1) is 0 Å². The Morgan fingerprint density at radius 3 is 2.94 bits per heavy atom. The summed E-state index contributed by atoms with van der Waals surface area (Å²) in [4.78, 5) is 14.4. The van der Waals surface area contributed by atoms with E-state index in [4.69, 9.17) is 5.73 Å². The fourth-order valence-electron chi connectivity index (χ4n) is 1.82. The van der Waals surface area contributed by atoms with Gasteiger partial charge in [0.1, 0.15) is 6.04 Å². The molecule has 0 aliphatic heterocycles. The number of nitrogens with two attached hydrogens (primary N) is 1. The number of methoxy groups -OCH3 is 1. The predicted octanol–water partition coefficient (Wildman–Crippen LogP) is 2.40. The number of H-pyrrole nitrogens is 1. The third kappa shape index (κ3) is 2.85. The van der Waals surface area contributed by atoms with E-state index in [1.165, 1.54) is 7.11 Å². The van der Waals surface area contributed by atoms with Crippen LogP contribution in [-0.4, -0.2) is 24.1 Å². The number of nitrogens with one attached hydrogen (secondary N) is 1. The number of halogens is 2. The average Bonchev–Trinajstić information content (AvgIpc) is 2.73. The van der Waals surface area contributed by atoms with E-state index in [1.54, 1.807) is 0 Å². The molecule has 0 aliphatic rings. The van der Waals surface area contributed by atoms with Gasteiger partial charge in [-0.15, -0.1) is 12.4 Å². The van der Waals surface area contributed by atoms with Gasteiger partial charge in [-0.2, -0.15) is 0 Å². The van der Waals surface area contributed by atoms with Crippen LogP contribution in [0.4, 0.5) is 0 Å². The van der Waals surface area contributed by atoms with Crippen molar-refractivity contribution in [2.75, 3.05) is 7.11 Å². The number of aromatic nitrogens is 1. The SMILES string of the molecule is COC(=O)[C@@H](N)Cc1c[nH]c2c(Br)cccc12.Cl. The Kier molecular flexibility index (Phi) is 5.19. The summed E-state index contributed by atoms with van der Waals surface area (Å²) in [5, 5.41) is 1.07. The minimum absolute atomic E-state index is 0. The van der Waals surface area contributed by atoms with E-state index < -0.39 is 12.0 Å². The zero-order chi connectivity index (χ0) is 12.4. The zero-order valence-electron chi connectivity index (χ0n) is 9.77. The third-order valence-corrected chi connectivity index (χ3v) is 3.35. The van der Waals surface area contributed by atoms with Gasteiger partial charge in [-0.1, -0.05) is 12.1 Å². The topological polar surface area (TPSA) is 68.1 Å². The first-order valence-electron chi connectivity index (χ1n) is 5.21. The second kappa shape index (κ2) is 6.22. The summed E-state index contributed by atoms with van der Waals surface area (Å²) in [6.45, 7) is 0. The first kappa shape index (κ1) is 15.0. The molecule has 1 heterocycles. The van der Waals surface area contributed by atoms with E-state index in [2.05, 4.69) is 25.7 Å². The first-order chi connectivity index (χ1) is 8.13. The molecular weight excluding hydrogens is 320 g/mol. The van der Waals surface area contributed by atoms with Crippen molar-refractivity contribution in [2.24, 2.45) is 5.73 Å². The summed E-state index contributed by atoms with van der Waals surface area (Å²) in [6.07, 6.45) is 2.33. The monoisotopic (exact) mass is 332 g/mol. The lowest BCUT2D eigenvalue weighted by molar-refractivity contribution is -0.142. The van der Waals surface area contributed by atoms with Gasteiger partial charge in [0.05, 0.1) is 12.6 Å². The van der Waals surface area contributed by atoms with E-state index in [-0.39, 0.29) is 12.4 Å². The maximum absolute atomic E-state index is 11.3. The molecule has 2 rings (SSSR count). The van der Waals surface area contributed by atoms with Crippen LogP contribution in [0.25, 0.3) is 10.9 Å². The van der Waals surface area contributed by atoms with E-state index in [9.17, 15) is 4.79 Å². The van der Waals surface area contributed by atoms with Crippen LogP contribution in [0.3, 0.4) is 0 Å². The Balaban J connectivity index is 0.00000162. The van der Waals surface area contributed by atoms with Crippen LogP contribution in [0.15, 0.2) is 28.9 Å². The van der Waals surface area contributed by atoms with Crippen LogP contribution >= 0.6 is 28.3 Å². The molecule has 0 bridgehead atoms. The number of benzene rings is 1. The molecular formula is C12H14BrClN2O2. The summed E-state index contributed by atoms with van der Waals surface area (Å²) in [5.74, 6) is -0.394. The number of hydrogen-bond acceptors (Lipinski definition) is 3. The lowest BCUT2D eigenvalue weighted by Gasteiger charge is -2.08. The van der Waals surface area contributed by atoms with Crippen molar-refractivity contribution in [3.05, 3.63) is 34.4 Å². The van der Waals surface area contributed by atoms with E-state index in [0.29, 0.717) is 6.42 Å². The Morgan fingerprint density at radius 2 is 2.28 bits per heavy atom. The van der Waals surface area contributed by atoms with Crippen LogP contribution in [-0.2, 0) is 16.0 Å². The molecule has 1 aromatic heterocycles. The average molecular weight is 334 g/mol. The molecule has 0 amide bonds. The largest absolute Gasteiger partial charge is 0.468 e. The summed E-state index contributed by atoms with van der Waals surface area (Å²) in [6, 6.07) is 5.28. The Morgan fingerprint density at radius 1 is 1.56 bits per heavy atom. The molecule has 1 aromatic carbocycles. The third-order valence-electron chi connectivity index (χ3n) is 2.69. The van der Waals surface area contributed by atoms with Gasteiger partial charge in [0.2, 0.25) is 0 Å². The molecule has 0 fully saturated rings. The van der Waals surface area contributed by atoms with Crippen molar-refractivity contribution in [1.29, 1.82) is 0 Å². The van der Waals surface area contributed by atoms with Crippen LogP contribution in [0.2, 0.25) is 0 Å². The van der Waals surface area contributed by atoms with Gasteiger partial charge in [0, 0.05) is 22.5 Å². The standard InChI is InChI=1S/C12H13BrN2O2.ClH/c1-17-12(16)10(14)5-7-6-15-11-8(7)3-2-4-9(11)13;/h2-4,6,10,15H,5,14H2,1H3;1H/t10-;/m0./s1. The molecule has 0 spiro atoms. The quantitative estimate of drug-likeness (QED) is 0.848. The number of aromatic amines is 1. The maximum Gasteiger partial charge on any atom is 0.322 e. The minimum atomic E-state index is -0.627. The smallest absolute Gasteiger partial charge is 0.322 e. The number of ether oxygens (including phenoxy) is 1. The normalized spacial score (nSPS) is 11.9. The predicted molar refractivity (Wildman–Crippen MR) is 76.9 cm³/mol. The number of hydrogen-bond donors (Lipinski definition) is 2. The molecule has 0 saturated heterocycles. The van der Waals surface area contributed by atoms with Gasteiger partial charge in [-0.25, -0.2) is 0 Å². The Labute approximate surface area is 119 Å². The summed E-state index contributed by atoms with van der Waals surface area (Å²) >= 11 is 3.46. The molecule has 3 N–H and O–H groups in total. The fraction of sp³-hybridized carbons (Fsp3) is 0.250. The van der Waals surface area contributed by atoms with Gasteiger partial charge in [-0.3, -0.25) is 4.79 Å². The molecule has 6 heteroatoms. The van der Waals surface area contributed by atoms with E-state index >= 15 is 0 Å². The van der Waals surface area contributed by atoms with Crippen molar-refractivity contribution in [3.63, 3.8) is 0 Å². The number of carbonyl (C=O) groups excluding carboxylic acids is 1. The highest BCUT2D eigenvalue weighted by Crippen LogP contribution is 2.26. The molecule has 0 radical (unpaired) electrons. The van der Waals surface area contributed by atoms with Crippen LogP contribution in [0.5, 0.6) is 0 Å². The highest BCUT2D eigenvalue weighted by atomic mass is 79.9. The number of rotatable bonds is 3. The summed E-state index contributed by atoms with van der Waals surface area (Å²) in [7, 11) is 1.34. The molecule has 0 unspecified atom stereocenters. The van der Waals surface area contributed by atoms with Gasteiger partial charge in [0.15, 0.2) is 0 Å². The van der Waals surface area contributed by atoms with Gasteiger partial charge < -0.3 is 15.5 Å². The van der Waals surface area contributed by atoms with Gasteiger partial charge >= 0.3 is 5.97 Å². The highest BCUT2D eigenvalue weighted by Gasteiger charge is 2.16. The van der Waals surface area contributed by atoms with E-state index in [1.807, 2.05) is 24.4 Å². The highest BCUT2D eigenvalue weighted by molar-refractivity contribution is 9.10. The van der Waals surface area contributed by atoms with E-state index in [0.717, 1.165) is 20.9 Å². The number of carbonyl (C=O) groups is 1. The summed E-state index contributed by atoms with van der Waals surface area (Å²) in [5.41, 5.74) is 7.77. The first-order valence-corrected chi connectivity index (χ1v) is 6.00. The fourth-order valence-corrected chi connectivity index (χ4v) is 2.30. The lowest BCUT2D eigenvalue weighted by atomic mass is 10.1. The number of fused-ring (bicyclic) bond motifs is 1. The lowest BCUT2D eigenvalue weighted by Crippen LogP contribution is -2.33. The summed E-state index contributed by atoms with van der Waals surface area (Å²) < 4.78 is 5.61. The van der Waals surface area contributed by atoms with Gasteiger partial charge in [-0.05, 0) is 27.6 Å². The van der Waals surface area contributed by atoms with Crippen molar-refractivity contribution in [1.82, 2.24) is 4.98 Å². The molecule has 0 saturated carbocycles. The minimum Gasteiger partial charge on any atom is -0.468 e. The second-order valence-corrected chi connectivity index (χ2v) is 4.66. The molecule has 2 aromatic rings. The van der Waals surface area contributed by atoms with Crippen molar-refractivity contribution in [2.45, 2.75) is 12.5 Å². The Hall–Kier alpha value is -1.04. The van der Waals surface area contributed by atoms with Crippen molar-refractivity contribution >= 4 is 45.2 Å². The molecule has 98 valence electrons. The maximum atomic E-state index is 11.3. The number of para-hydroxylation sites is 1.